The van der Waals surface area contributed by atoms with Crippen LogP contribution in [-0.2, 0) is 6.54 Å². The SMILES string of the molecule is O=c1c(I)ccc(-c2c(F)cccc2Cl)n1CC(F)F. The van der Waals surface area contributed by atoms with E-state index in [1.807, 2.05) is 0 Å². The first-order chi connectivity index (χ1) is 9.41. The predicted octanol–water partition coefficient (Wildman–Crippen LogP) is 4.18. The molecule has 0 N–H and O–H groups in total. The van der Waals surface area contributed by atoms with Crippen molar-refractivity contribution >= 4 is 34.2 Å². The second-order valence-corrected chi connectivity index (χ2v) is 5.54. The Balaban J connectivity index is 2.74. The maximum atomic E-state index is 13.9. The molecule has 0 unspecified atom stereocenters. The van der Waals surface area contributed by atoms with Crippen molar-refractivity contribution < 1.29 is 13.2 Å². The number of halogens is 5. The predicted molar refractivity (Wildman–Crippen MR) is 79.8 cm³/mol. The Hall–Kier alpha value is -1.02. The van der Waals surface area contributed by atoms with Gasteiger partial charge in [0.2, 0.25) is 0 Å². The Morgan fingerprint density at radius 3 is 2.55 bits per heavy atom. The number of hydrogen-bond acceptors (Lipinski definition) is 1. The number of nitrogens with zero attached hydrogens (tertiary/aromatic N) is 1. The van der Waals surface area contributed by atoms with Crippen LogP contribution in [0.5, 0.6) is 0 Å². The molecule has 0 aliphatic carbocycles. The van der Waals surface area contributed by atoms with Gasteiger partial charge >= 0.3 is 0 Å². The van der Waals surface area contributed by atoms with Crippen LogP contribution in [0.1, 0.15) is 0 Å². The standard InChI is InChI=1S/C13H8ClF3INO/c14-7-2-1-3-8(15)12(7)10-5-4-9(18)13(20)19(10)6-11(16)17/h1-5,11H,6H2. The van der Waals surface area contributed by atoms with Gasteiger partial charge in [0, 0.05) is 0 Å². The van der Waals surface area contributed by atoms with Gasteiger partial charge in [-0.05, 0) is 46.9 Å². The van der Waals surface area contributed by atoms with Crippen molar-refractivity contribution in [2.75, 3.05) is 0 Å². The van der Waals surface area contributed by atoms with E-state index in [1.54, 1.807) is 22.6 Å². The molecular formula is C13H8ClF3INO. The first-order valence-corrected chi connectivity index (χ1v) is 6.99. The van der Waals surface area contributed by atoms with Gasteiger partial charge in [-0.2, -0.15) is 0 Å². The normalized spacial score (nSPS) is 11.1. The van der Waals surface area contributed by atoms with Gasteiger partial charge < -0.3 is 4.57 Å². The van der Waals surface area contributed by atoms with Crippen molar-refractivity contribution in [3.8, 4) is 11.3 Å². The lowest BCUT2D eigenvalue weighted by Gasteiger charge is -2.14. The zero-order valence-electron chi connectivity index (χ0n) is 9.92. The van der Waals surface area contributed by atoms with Crippen LogP contribution in [0.15, 0.2) is 35.1 Å². The molecule has 0 spiro atoms. The molecule has 0 fully saturated rings. The molecule has 20 heavy (non-hydrogen) atoms. The zero-order valence-corrected chi connectivity index (χ0v) is 12.8. The molecule has 1 aromatic carbocycles. The quantitative estimate of drug-likeness (QED) is 0.692. The molecule has 2 rings (SSSR count). The van der Waals surface area contributed by atoms with Crippen LogP contribution in [0.25, 0.3) is 11.3 Å². The molecule has 0 radical (unpaired) electrons. The molecular weight excluding hydrogens is 406 g/mol. The lowest BCUT2D eigenvalue weighted by atomic mass is 10.1. The van der Waals surface area contributed by atoms with Crippen molar-refractivity contribution in [3.05, 3.63) is 55.1 Å². The summed E-state index contributed by atoms with van der Waals surface area (Å²) >= 11 is 7.67. The molecule has 2 aromatic rings. The Bertz CT molecular complexity index is 682. The van der Waals surface area contributed by atoms with Crippen molar-refractivity contribution in [3.63, 3.8) is 0 Å². The van der Waals surface area contributed by atoms with Crippen molar-refractivity contribution in [1.82, 2.24) is 4.57 Å². The molecule has 106 valence electrons. The van der Waals surface area contributed by atoms with E-state index in [0.717, 1.165) is 10.6 Å². The van der Waals surface area contributed by atoms with Gasteiger partial charge in [0.25, 0.3) is 12.0 Å². The Kier molecular flexibility index (Phi) is 4.74. The second kappa shape index (κ2) is 6.17. The summed E-state index contributed by atoms with van der Waals surface area (Å²) in [5, 5.41) is 0.0635. The van der Waals surface area contributed by atoms with Crippen LogP contribution in [0, 0.1) is 9.39 Å². The summed E-state index contributed by atoms with van der Waals surface area (Å²) in [6.45, 7) is -0.810. The number of pyridine rings is 1. The van der Waals surface area contributed by atoms with Crippen LogP contribution in [0.4, 0.5) is 13.2 Å². The highest BCUT2D eigenvalue weighted by molar-refractivity contribution is 14.1. The molecule has 0 bridgehead atoms. The molecule has 0 aliphatic heterocycles. The fourth-order valence-corrected chi connectivity index (χ4v) is 2.56. The molecule has 0 saturated heterocycles. The number of alkyl halides is 2. The highest BCUT2D eigenvalue weighted by Crippen LogP contribution is 2.30. The smallest absolute Gasteiger partial charge is 0.264 e. The van der Waals surface area contributed by atoms with E-state index in [4.69, 9.17) is 11.6 Å². The van der Waals surface area contributed by atoms with Crippen LogP contribution < -0.4 is 5.56 Å². The minimum atomic E-state index is -2.73. The Morgan fingerprint density at radius 2 is 1.95 bits per heavy atom. The maximum Gasteiger partial charge on any atom is 0.264 e. The topological polar surface area (TPSA) is 22.0 Å². The molecule has 0 atom stereocenters. The molecule has 0 saturated carbocycles. The average Bonchev–Trinajstić information content (AvgIpc) is 2.37. The van der Waals surface area contributed by atoms with E-state index >= 15 is 0 Å². The highest BCUT2D eigenvalue weighted by Gasteiger charge is 2.18. The zero-order chi connectivity index (χ0) is 14.9. The molecule has 0 amide bonds. The lowest BCUT2D eigenvalue weighted by molar-refractivity contribution is 0.125. The number of rotatable bonds is 3. The average molecular weight is 414 g/mol. The summed E-state index contributed by atoms with van der Waals surface area (Å²) in [6.07, 6.45) is -2.73. The third-order valence-corrected chi connectivity index (χ3v) is 3.80. The van der Waals surface area contributed by atoms with Crippen molar-refractivity contribution in [2.24, 2.45) is 0 Å². The maximum absolute atomic E-state index is 13.9. The van der Waals surface area contributed by atoms with Gasteiger partial charge in [0.05, 0.1) is 26.4 Å². The van der Waals surface area contributed by atoms with E-state index in [1.165, 1.54) is 24.3 Å². The van der Waals surface area contributed by atoms with Crippen molar-refractivity contribution in [1.29, 1.82) is 0 Å². The minimum absolute atomic E-state index is 0.0406. The first kappa shape index (κ1) is 15.4. The summed E-state index contributed by atoms with van der Waals surface area (Å²) < 4.78 is 40.3. The Labute approximate surface area is 131 Å². The van der Waals surface area contributed by atoms with E-state index in [2.05, 4.69) is 0 Å². The molecule has 7 heteroatoms. The number of benzene rings is 1. The van der Waals surface area contributed by atoms with Gasteiger partial charge in [-0.25, -0.2) is 13.2 Å². The highest BCUT2D eigenvalue weighted by atomic mass is 127. The Morgan fingerprint density at radius 1 is 1.25 bits per heavy atom. The number of hydrogen-bond donors (Lipinski definition) is 0. The van der Waals surface area contributed by atoms with Crippen molar-refractivity contribution in [2.45, 2.75) is 13.0 Å². The van der Waals surface area contributed by atoms with E-state index in [9.17, 15) is 18.0 Å². The second-order valence-electron chi connectivity index (χ2n) is 3.97. The third-order valence-electron chi connectivity index (χ3n) is 2.67. The van der Waals surface area contributed by atoms with Crippen LogP contribution in [-0.4, -0.2) is 11.0 Å². The van der Waals surface area contributed by atoms with Crippen LogP contribution in [0.2, 0.25) is 5.02 Å². The summed E-state index contributed by atoms with van der Waals surface area (Å²) in [5.41, 5.74) is -0.607. The third kappa shape index (κ3) is 3.01. The van der Waals surface area contributed by atoms with Crippen LogP contribution >= 0.6 is 34.2 Å². The molecule has 0 aliphatic rings. The molecule has 2 nitrogen and oxygen atoms in total. The summed E-state index contributed by atoms with van der Waals surface area (Å²) in [6, 6.07) is 6.87. The molecule has 1 aromatic heterocycles. The van der Waals surface area contributed by atoms with Gasteiger partial charge in [-0.3, -0.25) is 4.79 Å². The summed E-state index contributed by atoms with van der Waals surface area (Å²) in [7, 11) is 0. The van der Waals surface area contributed by atoms with Crippen LogP contribution in [0.3, 0.4) is 0 Å². The fraction of sp³-hybridized carbons (Fsp3) is 0.154. The van der Waals surface area contributed by atoms with Gasteiger partial charge in [0.15, 0.2) is 0 Å². The van der Waals surface area contributed by atoms with E-state index in [-0.39, 0.29) is 19.9 Å². The summed E-state index contributed by atoms with van der Waals surface area (Å²) in [5.74, 6) is -0.666. The number of aromatic nitrogens is 1. The molecule has 1 heterocycles. The first-order valence-electron chi connectivity index (χ1n) is 5.53. The van der Waals surface area contributed by atoms with Gasteiger partial charge in [0.1, 0.15) is 5.82 Å². The lowest BCUT2D eigenvalue weighted by Crippen LogP contribution is -2.26. The van der Waals surface area contributed by atoms with Gasteiger partial charge in [-0.1, -0.05) is 17.7 Å². The largest absolute Gasteiger partial charge is 0.301 e. The van der Waals surface area contributed by atoms with E-state index in [0.29, 0.717) is 0 Å². The van der Waals surface area contributed by atoms with Gasteiger partial charge in [-0.15, -0.1) is 0 Å². The monoisotopic (exact) mass is 413 g/mol. The summed E-state index contributed by atoms with van der Waals surface area (Å²) in [4.78, 5) is 12.0. The van der Waals surface area contributed by atoms with E-state index < -0.39 is 24.3 Å². The fourth-order valence-electron chi connectivity index (χ4n) is 1.83. The minimum Gasteiger partial charge on any atom is -0.301 e.